The Kier molecular flexibility index (Phi) is 0.721. The van der Waals surface area contributed by atoms with Gasteiger partial charge in [-0.05, 0) is 54.8 Å². The molecule has 5 aliphatic rings. The van der Waals surface area contributed by atoms with Gasteiger partial charge in [-0.2, -0.15) is 0 Å². The first-order valence-electron chi connectivity index (χ1n) is 5.90. The Morgan fingerprint density at radius 3 is 2.69 bits per heavy atom. The third-order valence-electron chi connectivity index (χ3n) is 6.28. The molecule has 0 amide bonds. The second-order valence-electron chi connectivity index (χ2n) is 6.15. The summed E-state index contributed by atoms with van der Waals surface area (Å²) < 4.78 is 0. The number of carbonyl (C=O) groups excluding carboxylic acids is 1. The van der Waals surface area contributed by atoms with Gasteiger partial charge >= 0.3 is 0 Å². The Labute approximate surface area is 77.9 Å². The predicted octanol–water partition coefficient (Wildman–Crippen LogP) is 1.72. The van der Waals surface area contributed by atoms with Crippen LogP contribution in [0.2, 0.25) is 0 Å². The zero-order valence-corrected chi connectivity index (χ0v) is 7.65. The van der Waals surface area contributed by atoms with Gasteiger partial charge in [-0.15, -0.1) is 0 Å². The quantitative estimate of drug-likeness (QED) is 0.546. The van der Waals surface area contributed by atoms with E-state index in [2.05, 4.69) is 0 Å². The van der Waals surface area contributed by atoms with Gasteiger partial charge in [-0.1, -0.05) is 0 Å². The van der Waals surface area contributed by atoms with Crippen molar-refractivity contribution in [2.24, 2.45) is 47.3 Å². The van der Waals surface area contributed by atoms with Gasteiger partial charge in [0, 0.05) is 11.8 Å². The second-order valence-corrected chi connectivity index (χ2v) is 6.15. The highest BCUT2D eigenvalue weighted by molar-refractivity contribution is 5.89. The molecule has 5 rings (SSSR count). The van der Waals surface area contributed by atoms with Gasteiger partial charge in [0.25, 0.3) is 0 Å². The van der Waals surface area contributed by atoms with E-state index in [0.29, 0.717) is 17.6 Å². The molecular formula is C12H14O. The van der Waals surface area contributed by atoms with E-state index in [1.807, 2.05) is 0 Å². The summed E-state index contributed by atoms with van der Waals surface area (Å²) >= 11 is 0. The summed E-state index contributed by atoms with van der Waals surface area (Å²) in [4.78, 5) is 12.1. The van der Waals surface area contributed by atoms with Gasteiger partial charge in [0.15, 0.2) is 0 Å². The van der Waals surface area contributed by atoms with Gasteiger partial charge in [0.2, 0.25) is 0 Å². The van der Waals surface area contributed by atoms with Crippen LogP contribution in [-0.2, 0) is 4.79 Å². The van der Waals surface area contributed by atoms with E-state index in [0.717, 1.165) is 35.5 Å². The molecule has 1 heteroatoms. The van der Waals surface area contributed by atoms with E-state index < -0.39 is 0 Å². The van der Waals surface area contributed by atoms with Crippen LogP contribution < -0.4 is 0 Å². The first-order valence-corrected chi connectivity index (χ1v) is 5.90. The van der Waals surface area contributed by atoms with Crippen LogP contribution in [0, 0.1) is 47.3 Å². The second kappa shape index (κ2) is 1.51. The van der Waals surface area contributed by atoms with Crippen molar-refractivity contribution < 1.29 is 4.79 Å². The topological polar surface area (TPSA) is 17.1 Å². The standard InChI is InChI=1S/C12H14O/c13-12-8-3-7-10-5-1-4(9(8)10)2-6(5)11(7)12/h4-11H,1-3H2/t4-,5+,6+,7-,8-,9-,10-,11+/m0/s1. The molecule has 0 spiro atoms. The van der Waals surface area contributed by atoms with E-state index in [4.69, 9.17) is 0 Å². The molecule has 0 saturated heterocycles. The Hall–Kier alpha value is -0.330. The maximum absolute atomic E-state index is 12.1. The van der Waals surface area contributed by atoms with Gasteiger partial charge in [-0.3, -0.25) is 4.79 Å². The van der Waals surface area contributed by atoms with Crippen LogP contribution >= 0.6 is 0 Å². The number of fused-ring (bicyclic) bond motifs is 5. The van der Waals surface area contributed by atoms with Crippen molar-refractivity contribution in [3.05, 3.63) is 0 Å². The van der Waals surface area contributed by atoms with Crippen LogP contribution in [0.5, 0.6) is 0 Å². The Morgan fingerprint density at radius 1 is 0.923 bits per heavy atom. The molecular weight excluding hydrogens is 160 g/mol. The first kappa shape index (κ1) is 6.21. The SMILES string of the molecule is O=C1[C@@H]2[C@@H]3C[C@@H]4C[C@H]3[C@H]3[C@@H]2C[C@H]1[C@H]43. The number of ketones is 1. The lowest BCUT2D eigenvalue weighted by atomic mass is 9.77. The minimum atomic E-state index is 0.558. The fourth-order valence-corrected chi connectivity index (χ4v) is 6.40. The fraction of sp³-hybridized carbons (Fsp3) is 0.917. The van der Waals surface area contributed by atoms with Crippen LogP contribution in [0.25, 0.3) is 0 Å². The van der Waals surface area contributed by atoms with Gasteiger partial charge in [0.05, 0.1) is 0 Å². The first-order chi connectivity index (χ1) is 6.36. The van der Waals surface area contributed by atoms with E-state index in [-0.39, 0.29) is 0 Å². The number of hydrogen-bond donors (Lipinski definition) is 0. The van der Waals surface area contributed by atoms with Crippen molar-refractivity contribution in [1.82, 2.24) is 0 Å². The third kappa shape index (κ3) is 0.409. The highest BCUT2D eigenvalue weighted by Gasteiger charge is 2.75. The molecule has 0 aromatic heterocycles. The van der Waals surface area contributed by atoms with Crippen molar-refractivity contribution in [2.75, 3.05) is 0 Å². The summed E-state index contributed by atoms with van der Waals surface area (Å²) in [5, 5.41) is 0. The van der Waals surface area contributed by atoms with Crippen LogP contribution in [-0.4, -0.2) is 5.78 Å². The molecule has 68 valence electrons. The summed E-state index contributed by atoms with van der Waals surface area (Å²) in [6.07, 6.45) is 4.26. The molecule has 4 bridgehead atoms. The molecule has 0 aromatic carbocycles. The summed E-state index contributed by atoms with van der Waals surface area (Å²) in [5.74, 6) is 7.52. The molecule has 8 atom stereocenters. The highest BCUT2D eigenvalue weighted by atomic mass is 16.1. The minimum Gasteiger partial charge on any atom is -0.299 e. The fourth-order valence-electron chi connectivity index (χ4n) is 6.40. The van der Waals surface area contributed by atoms with Crippen molar-refractivity contribution in [3.8, 4) is 0 Å². The third-order valence-corrected chi connectivity index (χ3v) is 6.28. The Morgan fingerprint density at radius 2 is 1.77 bits per heavy atom. The summed E-state index contributed by atoms with van der Waals surface area (Å²) in [7, 11) is 0. The summed E-state index contributed by atoms with van der Waals surface area (Å²) in [6.45, 7) is 0. The molecule has 5 fully saturated rings. The number of rotatable bonds is 0. The van der Waals surface area contributed by atoms with Crippen molar-refractivity contribution >= 4 is 5.78 Å². The normalized spacial score (nSPS) is 74.9. The maximum atomic E-state index is 12.1. The zero-order chi connectivity index (χ0) is 8.32. The van der Waals surface area contributed by atoms with Crippen molar-refractivity contribution in [2.45, 2.75) is 19.3 Å². The van der Waals surface area contributed by atoms with Gasteiger partial charge in [-0.25, -0.2) is 0 Å². The van der Waals surface area contributed by atoms with E-state index in [1.165, 1.54) is 19.3 Å². The Balaban J connectivity index is 1.87. The smallest absolute Gasteiger partial charge is 0.139 e. The molecule has 5 aliphatic carbocycles. The molecule has 0 aromatic rings. The minimum absolute atomic E-state index is 0.558. The average Bonchev–Trinajstić information content (AvgIpc) is 2.74. The average molecular weight is 174 g/mol. The number of Topliss-reactive ketones (excluding diaryl/α,β-unsaturated/α-hetero) is 1. The Bertz CT molecular complexity index is 332. The molecule has 13 heavy (non-hydrogen) atoms. The molecule has 0 aliphatic heterocycles. The monoisotopic (exact) mass is 174 g/mol. The summed E-state index contributed by atoms with van der Waals surface area (Å²) in [5.41, 5.74) is 0. The van der Waals surface area contributed by atoms with Crippen LogP contribution in [0.15, 0.2) is 0 Å². The molecule has 1 nitrogen and oxygen atoms in total. The summed E-state index contributed by atoms with van der Waals surface area (Å²) in [6, 6.07) is 0. The van der Waals surface area contributed by atoms with Gasteiger partial charge in [0.1, 0.15) is 5.78 Å². The van der Waals surface area contributed by atoms with Crippen molar-refractivity contribution in [1.29, 1.82) is 0 Å². The lowest BCUT2D eigenvalue weighted by Crippen LogP contribution is -2.28. The molecule has 0 N–H and O–H groups in total. The lowest BCUT2D eigenvalue weighted by molar-refractivity contribution is -0.127. The molecule has 5 saturated carbocycles. The maximum Gasteiger partial charge on any atom is 0.139 e. The molecule has 0 radical (unpaired) electrons. The molecule has 0 heterocycles. The predicted molar refractivity (Wildman–Crippen MR) is 46.8 cm³/mol. The van der Waals surface area contributed by atoms with Crippen LogP contribution in [0.4, 0.5) is 0 Å². The largest absolute Gasteiger partial charge is 0.299 e. The number of carbonyl (C=O) groups is 1. The van der Waals surface area contributed by atoms with Crippen LogP contribution in [0.1, 0.15) is 19.3 Å². The zero-order valence-electron chi connectivity index (χ0n) is 7.65. The van der Waals surface area contributed by atoms with E-state index in [1.54, 1.807) is 0 Å². The van der Waals surface area contributed by atoms with Crippen LogP contribution in [0.3, 0.4) is 0 Å². The molecule has 0 unspecified atom stereocenters. The highest BCUT2D eigenvalue weighted by Crippen LogP contribution is 2.77. The lowest BCUT2D eigenvalue weighted by Gasteiger charge is -2.26. The van der Waals surface area contributed by atoms with E-state index >= 15 is 0 Å². The number of hydrogen-bond acceptors (Lipinski definition) is 1. The van der Waals surface area contributed by atoms with Crippen molar-refractivity contribution in [3.63, 3.8) is 0 Å². The van der Waals surface area contributed by atoms with E-state index in [9.17, 15) is 4.79 Å². The van der Waals surface area contributed by atoms with Gasteiger partial charge < -0.3 is 0 Å².